The van der Waals surface area contributed by atoms with E-state index in [1.807, 2.05) is 54.1 Å². The molecule has 6 heteroatoms. The van der Waals surface area contributed by atoms with Gasteiger partial charge in [0.1, 0.15) is 11.4 Å². The molecule has 0 fully saturated rings. The molecule has 0 unspecified atom stereocenters. The van der Waals surface area contributed by atoms with Crippen LogP contribution in [-0.2, 0) is 5.41 Å². The lowest BCUT2D eigenvalue weighted by molar-refractivity contribution is -0.0440. The number of anilines is 1. The number of hydrogen-bond donors (Lipinski definition) is 1. The first-order valence-corrected chi connectivity index (χ1v) is 10.2. The summed E-state index contributed by atoms with van der Waals surface area (Å²) >= 11 is 6.25. The van der Waals surface area contributed by atoms with Gasteiger partial charge in [-0.25, -0.2) is 4.68 Å². The van der Waals surface area contributed by atoms with Gasteiger partial charge in [0.2, 0.25) is 5.88 Å². The fraction of sp³-hybridized carbons (Fsp3) is 0.348. The Morgan fingerprint density at radius 2 is 1.97 bits per heavy atom. The summed E-state index contributed by atoms with van der Waals surface area (Å²) in [4.78, 5) is 0. The maximum Gasteiger partial charge on any atom is 0.221 e. The van der Waals surface area contributed by atoms with Crippen LogP contribution in [0.3, 0.4) is 0 Å². The summed E-state index contributed by atoms with van der Waals surface area (Å²) in [5.41, 5.74) is 10.1. The van der Waals surface area contributed by atoms with Crippen LogP contribution in [0.25, 0.3) is 5.69 Å². The zero-order valence-electron chi connectivity index (χ0n) is 17.0. The molecule has 150 valence electrons. The van der Waals surface area contributed by atoms with E-state index in [4.69, 9.17) is 31.9 Å². The van der Waals surface area contributed by atoms with Crippen molar-refractivity contribution in [2.75, 3.05) is 12.3 Å². The topological polar surface area (TPSA) is 62.3 Å². The third kappa shape index (κ3) is 2.50. The number of nitrogens with two attached hydrogens (primary N) is 1. The van der Waals surface area contributed by atoms with Crippen LogP contribution in [0, 0.1) is 12.8 Å². The number of halogens is 1. The highest BCUT2D eigenvalue weighted by Crippen LogP contribution is 2.57. The molecule has 2 aromatic carbocycles. The molecule has 29 heavy (non-hydrogen) atoms. The zero-order valence-corrected chi connectivity index (χ0v) is 17.7. The molecule has 2 aliphatic rings. The Bertz CT molecular complexity index is 1140. The fourth-order valence-corrected chi connectivity index (χ4v) is 5.30. The number of rotatable bonds is 1. The van der Waals surface area contributed by atoms with Crippen molar-refractivity contribution in [1.29, 1.82) is 0 Å². The lowest BCUT2D eigenvalue weighted by Gasteiger charge is -2.52. The third-order valence-corrected chi connectivity index (χ3v) is 6.69. The van der Waals surface area contributed by atoms with Gasteiger partial charge in [0.15, 0.2) is 0 Å². The molecule has 0 spiro atoms. The van der Waals surface area contributed by atoms with Gasteiger partial charge in [0.05, 0.1) is 18.0 Å². The van der Waals surface area contributed by atoms with Gasteiger partial charge in [-0.1, -0.05) is 24.6 Å². The Hall–Kier alpha value is -2.66. The summed E-state index contributed by atoms with van der Waals surface area (Å²) in [6.45, 7) is 9.10. The van der Waals surface area contributed by atoms with E-state index >= 15 is 0 Å². The molecule has 2 N–H and O–H groups in total. The SMILES string of the molecule is Cc1nn(-c2cccc(Cl)c2)c2c1[C@]1(C)c3cc(N)ccc3OC[C@@H]1C(C)(C)O2. The van der Waals surface area contributed by atoms with Gasteiger partial charge in [-0.3, -0.25) is 0 Å². The maximum absolute atomic E-state index is 6.59. The van der Waals surface area contributed by atoms with Crippen molar-refractivity contribution in [1.82, 2.24) is 9.78 Å². The second-order valence-electron chi connectivity index (χ2n) is 8.68. The molecule has 5 rings (SSSR count). The largest absolute Gasteiger partial charge is 0.493 e. The van der Waals surface area contributed by atoms with Gasteiger partial charge in [-0.05, 0) is 57.2 Å². The number of benzene rings is 2. The molecular formula is C23H24ClN3O2. The van der Waals surface area contributed by atoms with Crippen LogP contribution in [0.15, 0.2) is 42.5 Å². The monoisotopic (exact) mass is 409 g/mol. The van der Waals surface area contributed by atoms with Crippen molar-refractivity contribution < 1.29 is 9.47 Å². The summed E-state index contributed by atoms with van der Waals surface area (Å²) in [6, 6.07) is 13.5. The smallest absolute Gasteiger partial charge is 0.221 e. The standard InChI is InChI=1S/C23H24ClN3O2/c1-13-20-21(27(26-13)16-7-5-6-14(24)10-16)29-22(2,3)19-12-28-18-9-8-15(25)11-17(18)23(19,20)4/h5-11,19H,12,25H2,1-4H3/t19-,23-/m1/s1. The van der Waals surface area contributed by atoms with Crippen LogP contribution in [0.2, 0.25) is 5.02 Å². The molecular weight excluding hydrogens is 386 g/mol. The van der Waals surface area contributed by atoms with Crippen molar-refractivity contribution in [2.24, 2.45) is 5.92 Å². The summed E-state index contributed by atoms with van der Waals surface area (Å²) in [6.07, 6.45) is 0. The summed E-state index contributed by atoms with van der Waals surface area (Å²) in [7, 11) is 0. The van der Waals surface area contributed by atoms with E-state index in [1.165, 1.54) is 0 Å². The van der Waals surface area contributed by atoms with Crippen LogP contribution in [0.5, 0.6) is 11.6 Å². The van der Waals surface area contributed by atoms with Crippen molar-refractivity contribution in [2.45, 2.75) is 38.7 Å². The molecule has 0 aliphatic carbocycles. The molecule has 0 bridgehead atoms. The Morgan fingerprint density at radius 1 is 1.17 bits per heavy atom. The van der Waals surface area contributed by atoms with Crippen molar-refractivity contribution in [3.8, 4) is 17.3 Å². The number of aromatic nitrogens is 2. The number of nitrogens with zero attached hydrogens (tertiary/aromatic N) is 2. The van der Waals surface area contributed by atoms with Crippen molar-refractivity contribution in [3.05, 3.63) is 64.3 Å². The minimum absolute atomic E-state index is 0.104. The number of fused-ring (bicyclic) bond motifs is 5. The number of aryl methyl sites for hydroxylation is 1. The molecule has 5 nitrogen and oxygen atoms in total. The highest BCUT2D eigenvalue weighted by atomic mass is 35.5. The third-order valence-electron chi connectivity index (χ3n) is 6.45. The first kappa shape index (κ1) is 18.4. The Balaban J connectivity index is 1.82. The number of ether oxygens (including phenoxy) is 2. The molecule has 2 aliphatic heterocycles. The van der Waals surface area contributed by atoms with E-state index in [0.29, 0.717) is 11.6 Å². The molecule has 0 saturated carbocycles. The second-order valence-corrected chi connectivity index (χ2v) is 9.12. The van der Waals surface area contributed by atoms with E-state index < -0.39 is 5.60 Å². The molecule has 3 heterocycles. The number of hydrogen-bond acceptors (Lipinski definition) is 4. The predicted octanol–water partition coefficient (Wildman–Crippen LogP) is 4.90. The van der Waals surface area contributed by atoms with Crippen LogP contribution in [-0.4, -0.2) is 22.0 Å². The Labute approximate surface area is 175 Å². The molecule has 2 atom stereocenters. The normalized spacial score (nSPS) is 24.0. The highest BCUT2D eigenvalue weighted by molar-refractivity contribution is 6.30. The summed E-state index contributed by atoms with van der Waals surface area (Å²) in [5, 5.41) is 5.52. The van der Waals surface area contributed by atoms with Gasteiger partial charge in [0, 0.05) is 33.2 Å². The zero-order chi connectivity index (χ0) is 20.6. The van der Waals surface area contributed by atoms with Crippen LogP contribution < -0.4 is 15.2 Å². The van der Waals surface area contributed by atoms with E-state index in [1.54, 1.807) is 0 Å². The van der Waals surface area contributed by atoms with E-state index in [-0.39, 0.29) is 11.3 Å². The van der Waals surface area contributed by atoms with Gasteiger partial charge >= 0.3 is 0 Å². The molecule has 0 saturated heterocycles. The van der Waals surface area contributed by atoms with E-state index in [9.17, 15) is 0 Å². The fourth-order valence-electron chi connectivity index (χ4n) is 5.11. The van der Waals surface area contributed by atoms with E-state index in [2.05, 4.69) is 20.8 Å². The highest BCUT2D eigenvalue weighted by Gasteiger charge is 2.57. The van der Waals surface area contributed by atoms with Gasteiger partial charge < -0.3 is 15.2 Å². The van der Waals surface area contributed by atoms with Crippen LogP contribution in [0.1, 0.15) is 37.6 Å². The van der Waals surface area contributed by atoms with Crippen molar-refractivity contribution in [3.63, 3.8) is 0 Å². The van der Waals surface area contributed by atoms with Crippen LogP contribution >= 0.6 is 11.6 Å². The van der Waals surface area contributed by atoms with Gasteiger partial charge in [-0.2, -0.15) is 5.10 Å². The minimum Gasteiger partial charge on any atom is -0.493 e. The van der Waals surface area contributed by atoms with Crippen LogP contribution in [0.4, 0.5) is 5.69 Å². The van der Waals surface area contributed by atoms with Crippen molar-refractivity contribution >= 4 is 17.3 Å². The minimum atomic E-state index is -0.465. The maximum atomic E-state index is 6.59. The predicted molar refractivity (Wildman–Crippen MR) is 114 cm³/mol. The Morgan fingerprint density at radius 3 is 2.72 bits per heavy atom. The first-order chi connectivity index (χ1) is 13.7. The molecule has 3 aromatic rings. The molecule has 1 aromatic heterocycles. The van der Waals surface area contributed by atoms with Gasteiger partial charge in [-0.15, -0.1) is 0 Å². The lowest BCUT2D eigenvalue weighted by Crippen LogP contribution is -2.57. The Kier molecular flexibility index (Phi) is 3.75. The first-order valence-electron chi connectivity index (χ1n) is 9.79. The number of nitrogen functional groups attached to an aromatic ring is 1. The van der Waals surface area contributed by atoms with Gasteiger partial charge in [0.25, 0.3) is 0 Å². The summed E-state index contributed by atoms with van der Waals surface area (Å²) in [5.74, 6) is 1.73. The quantitative estimate of drug-likeness (QED) is 0.580. The summed E-state index contributed by atoms with van der Waals surface area (Å²) < 4.78 is 14.6. The molecule has 0 radical (unpaired) electrons. The van der Waals surface area contributed by atoms with E-state index in [0.717, 1.165) is 39.8 Å². The average molecular weight is 410 g/mol. The molecule has 0 amide bonds. The second kappa shape index (κ2) is 5.92. The lowest BCUT2D eigenvalue weighted by atomic mass is 9.59. The average Bonchev–Trinajstić information content (AvgIpc) is 2.98.